The van der Waals surface area contributed by atoms with Gasteiger partial charge in [0.2, 0.25) is 0 Å². The summed E-state index contributed by atoms with van der Waals surface area (Å²) in [5.74, 6) is 0.161. The monoisotopic (exact) mass is 659 g/mol. The average molecular weight is 660 g/mol. The molecule has 1 aliphatic heterocycles. The summed E-state index contributed by atoms with van der Waals surface area (Å²) >= 11 is 0. The largest absolute Gasteiger partial charge is 0.490 e. The van der Waals surface area contributed by atoms with Gasteiger partial charge in [0.1, 0.15) is 5.75 Å². The van der Waals surface area contributed by atoms with Crippen molar-refractivity contribution in [2.75, 3.05) is 63.4 Å². The Kier molecular flexibility index (Phi) is 13.3. The number of carbonyl (C=O) groups excluding carboxylic acids is 2. The Morgan fingerprint density at radius 2 is 1.79 bits per heavy atom. The van der Waals surface area contributed by atoms with E-state index in [1.165, 1.54) is 0 Å². The quantitative estimate of drug-likeness (QED) is 0.257. The van der Waals surface area contributed by atoms with E-state index in [4.69, 9.17) is 15.2 Å². The highest BCUT2D eigenvalue weighted by Crippen LogP contribution is 2.29. The van der Waals surface area contributed by atoms with Gasteiger partial charge in [-0.05, 0) is 88.2 Å². The number of rotatable bonds is 9. The smallest absolute Gasteiger partial charge is 0.258 e. The van der Waals surface area contributed by atoms with E-state index in [-0.39, 0.29) is 36.5 Å². The summed E-state index contributed by atoms with van der Waals surface area (Å²) in [6.45, 7) is 8.18. The zero-order valence-corrected chi connectivity index (χ0v) is 29.3. The lowest BCUT2D eigenvalue weighted by molar-refractivity contribution is -0.0177. The number of hydrogen-bond donors (Lipinski definition) is 3. The highest BCUT2D eigenvalue weighted by molar-refractivity contribution is 6.05. The van der Waals surface area contributed by atoms with Gasteiger partial charge in [-0.3, -0.25) is 14.5 Å². The fourth-order valence-electron chi connectivity index (χ4n) is 5.90. The Morgan fingerprint density at radius 3 is 2.48 bits per heavy atom. The van der Waals surface area contributed by atoms with Crippen LogP contribution in [0.2, 0.25) is 0 Å². The number of amides is 2. The van der Waals surface area contributed by atoms with Crippen LogP contribution in [0.1, 0.15) is 66.3 Å². The molecular formula is C38H53N5O5. The number of aliphatic hydroxyl groups excluding tert-OH is 1. The van der Waals surface area contributed by atoms with Crippen molar-refractivity contribution in [1.29, 1.82) is 0 Å². The minimum atomic E-state index is -0.395. The maximum absolute atomic E-state index is 14.2. The van der Waals surface area contributed by atoms with Crippen molar-refractivity contribution in [2.24, 2.45) is 5.92 Å². The van der Waals surface area contributed by atoms with Crippen molar-refractivity contribution in [3.05, 3.63) is 83.4 Å². The normalized spacial score (nSPS) is 20.0. The summed E-state index contributed by atoms with van der Waals surface area (Å²) in [6, 6.07) is 20.1. The number of anilines is 3. The second kappa shape index (κ2) is 17.3. The molecule has 10 nitrogen and oxygen atoms in total. The van der Waals surface area contributed by atoms with Crippen molar-refractivity contribution < 1.29 is 24.2 Å². The van der Waals surface area contributed by atoms with Gasteiger partial charge in [0.25, 0.3) is 11.8 Å². The zero-order valence-electron chi connectivity index (χ0n) is 29.3. The van der Waals surface area contributed by atoms with Gasteiger partial charge in [0.15, 0.2) is 0 Å². The summed E-state index contributed by atoms with van der Waals surface area (Å²) < 4.78 is 12.8. The van der Waals surface area contributed by atoms with Gasteiger partial charge >= 0.3 is 0 Å². The second-order valence-corrected chi connectivity index (χ2v) is 13.3. The maximum atomic E-state index is 14.2. The molecule has 0 radical (unpaired) electrons. The molecule has 2 amide bonds. The number of likely N-dealkylation sites (N-methyl/N-ethyl adjacent to an activating group) is 1. The summed E-state index contributed by atoms with van der Waals surface area (Å²) in [7, 11) is 5.94. The Labute approximate surface area is 285 Å². The number of fused-ring (bicyclic) bond motifs is 1. The third-order valence-corrected chi connectivity index (χ3v) is 8.92. The maximum Gasteiger partial charge on any atom is 0.258 e. The van der Waals surface area contributed by atoms with Crippen LogP contribution in [0.4, 0.5) is 17.1 Å². The number of benzene rings is 3. The number of ether oxygens (including phenoxy) is 2. The van der Waals surface area contributed by atoms with Crippen molar-refractivity contribution in [2.45, 2.75) is 64.8 Å². The SMILES string of the molecule is C[C@@H]1CCCCO[C@@H](CN(C)Cc2ccc(C(=O)Nc3ccccc3N)cc2)[C@H](C)CN([C@H](C)CO)C(=O)c2cc(N(C)C)ccc2O1. The first-order valence-corrected chi connectivity index (χ1v) is 16.9. The predicted octanol–water partition coefficient (Wildman–Crippen LogP) is 5.51. The van der Waals surface area contributed by atoms with Crippen LogP contribution in [-0.2, 0) is 11.3 Å². The number of para-hydroxylation sites is 2. The first kappa shape index (κ1) is 36.7. The second-order valence-electron chi connectivity index (χ2n) is 13.3. The molecule has 4 atom stereocenters. The van der Waals surface area contributed by atoms with Crippen LogP contribution in [-0.4, -0.2) is 92.4 Å². The summed E-state index contributed by atoms with van der Waals surface area (Å²) in [5.41, 5.74) is 10.1. The number of nitrogens with two attached hydrogens (primary N) is 1. The van der Waals surface area contributed by atoms with Gasteiger partial charge in [-0.25, -0.2) is 0 Å². The molecular weight excluding hydrogens is 606 g/mol. The van der Waals surface area contributed by atoms with E-state index >= 15 is 0 Å². The van der Waals surface area contributed by atoms with Crippen LogP contribution in [0.5, 0.6) is 5.75 Å². The molecule has 4 N–H and O–H groups in total. The van der Waals surface area contributed by atoms with Crippen LogP contribution in [0, 0.1) is 5.92 Å². The molecule has 4 rings (SSSR count). The Hall–Kier alpha value is -4.12. The lowest BCUT2D eigenvalue weighted by atomic mass is 10.0. The van der Waals surface area contributed by atoms with Gasteiger partial charge in [-0.15, -0.1) is 0 Å². The van der Waals surface area contributed by atoms with E-state index in [0.717, 1.165) is 30.5 Å². The molecule has 1 heterocycles. The molecule has 0 spiro atoms. The molecule has 0 unspecified atom stereocenters. The topological polar surface area (TPSA) is 121 Å². The molecule has 3 aromatic rings. The summed E-state index contributed by atoms with van der Waals surface area (Å²) in [5, 5.41) is 13.1. The first-order chi connectivity index (χ1) is 23.0. The molecule has 0 saturated carbocycles. The molecule has 0 aliphatic carbocycles. The fraction of sp³-hybridized carbons (Fsp3) is 0.474. The average Bonchev–Trinajstić information content (AvgIpc) is 3.06. The molecule has 260 valence electrons. The highest BCUT2D eigenvalue weighted by atomic mass is 16.5. The van der Waals surface area contributed by atoms with E-state index in [0.29, 0.717) is 54.5 Å². The predicted molar refractivity (Wildman–Crippen MR) is 193 cm³/mol. The van der Waals surface area contributed by atoms with E-state index in [1.807, 2.05) is 87.4 Å². The Bertz CT molecular complexity index is 1500. The first-order valence-electron chi connectivity index (χ1n) is 16.9. The van der Waals surface area contributed by atoms with Crippen LogP contribution in [0.25, 0.3) is 0 Å². The van der Waals surface area contributed by atoms with Crippen molar-refractivity contribution in [3.63, 3.8) is 0 Å². The van der Waals surface area contributed by atoms with Gasteiger partial charge in [-0.2, -0.15) is 0 Å². The number of nitrogens with one attached hydrogen (secondary N) is 1. The van der Waals surface area contributed by atoms with Gasteiger partial charge in [0.05, 0.1) is 41.8 Å². The highest BCUT2D eigenvalue weighted by Gasteiger charge is 2.30. The Balaban J connectivity index is 1.49. The van der Waals surface area contributed by atoms with Crippen LogP contribution in [0.3, 0.4) is 0 Å². The van der Waals surface area contributed by atoms with Gasteiger partial charge in [-0.1, -0.05) is 31.2 Å². The number of nitrogen functional groups attached to an aromatic ring is 1. The molecule has 48 heavy (non-hydrogen) atoms. The molecule has 0 fully saturated rings. The van der Waals surface area contributed by atoms with E-state index in [1.54, 1.807) is 17.0 Å². The van der Waals surface area contributed by atoms with E-state index < -0.39 is 6.04 Å². The summed E-state index contributed by atoms with van der Waals surface area (Å²) in [6.07, 6.45) is 2.48. The van der Waals surface area contributed by atoms with Crippen molar-refractivity contribution >= 4 is 28.9 Å². The van der Waals surface area contributed by atoms with Gasteiger partial charge < -0.3 is 35.4 Å². The lowest BCUT2D eigenvalue weighted by Gasteiger charge is -2.36. The lowest BCUT2D eigenvalue weighted by Crippen LogP contribution is -2.47. The zero-order chi connectivity index (χ0) is 34.8. The minimum absolute atomic E-state index is 0.0230. The third kappa shape index (κ3) is 9.95. The van der Waals surface area contributed by atoms with E-state index in [2.05, 4.69) is 24.2 Å². The number of carbonyl (C=O) groups is 2. The molecule has 1 aliphatic rings. The number of aliphatic hydroxyl groups is 1. The molecule has 0 aromatic heterocycles. The minimum Gasteiger partial charge on any atom is -0.490 e. The molecule has 0 bridgehead atoms. The van der Waals surface area contributed by atoms with Crippen LogP contribution < -0.4 is 20.7 Å². The van der Waals surface area contributed by atoms with E-state index in [9.17, 15) is 14.7 Å². The van der Waals surface area contributed by atoms with Crippen LogP contribution in [0.15, 0.2) is 66.7 Å². The molecule has 3 aromatic carbocycles. The molecule has 0 saturated heterocycles. The fourth-order valence-corrected chi connectivity index (χ4v) is 5.90. The Morgan fingerprint density at radius 1 is 1.06 bits per heavy atom. The van der Waals surface area contributed by atoms with Crippen molar-refractivity contribution in [3.8, 4) is 5.75 Å². The van der Waals surface area contributed by atoms with Gasteiger partial charge in [0, 0.05) is 57.5 Å². The number of hydrogen-bond acceptors (Lipinski definition) is 8. The number of nitrogens with zero attached hydrogens (tertiary/aromatic N) is 3. The third-order valence-electron chi connectivity index (χ3n) is 8.92. The van der Waals surface area contributed by atoms with Crippen LogP contribution >= 0.6 is 0 Å². The molecule has 10 heteroatoms. The van der Waals surface area contributed by atoms with Crippen molar-refractivity contribution in [1.82, 2.24) is 9.80 Å². The standard InChI is InChI=1S/C38H53N5O5/c1-26-22-43(27(2)25-44)38(46)32-21-31(41(4)5)18-19-35(32)48-28(3)11-9-10-20-47-36(26)24-42(6)23-29-14-16-30(17-15-29)37(45)40-34-13-8-7-12-33(34)39/h7-8,12-19,21,26-28,36,44H,9-11,20,22-25,39H2,1-6H3,(H,40,45)/t26-,27-,28-,36+/m1/s1. The summed E-state index contributed by atoms with van der Waals surface area (Å²) in [4.78, 5) is 33.0.